The Morgan fingerprint density at radius 3 is 2.25 bits per heavy atom. The molecule has 0 rings (SSSR count). The van der Waals surface area contributed by atoms with Crippen molar-refractivity contribution in [3.63, 3.8) is 0 Å². The van der Waals surface area contributed by atoms with E-state index < -0.39 is 5.92 Å². The van der Waals surface area contributed by atoms with E-state index in [2.05, 4.69) is 0 Å². The highest BCUT2D eigenvalue weighted by atomic mass is 16.2. The van der Waals surface area contributed by atoms with Gasteiger partial charge in [-0.2, -0.15) is 0 Å². The minimum atomic E-state index is -0.404. The van der Waals surface area contributed by atoms with Gasteiger partial charge in [-0.3, -0.25) is 20.4 Å². The summed E-state index contributed by atoms with van der Waals surface area (Å²) in [6.45, 7) is 1.80. The summed E-state index contributed by atoms with van der Waals surface area (Å²) < 4.78 is 0. The first-order valence-electron chi connectivity index (χ1n) is 3.65. The van der Waals surface area contributed by atoms with Gasteiger partial charge >= 0.3 is 0 Å². The lowest BCUT2D eigenvalue weighted by Crippen LogP contribution is -2.39. The van der Waals surface area contributed by atoms with Gasteiger partial charge in [-0.05, 0) is 6.42 Å². The number of nitrogens with two attached hydrogens (primary N) is 2. The van der Waals surface area contributed by atoms with Gasteiger partial charge in [0.2, 0.25) is 11.8 Å². The minimum absolute atomic E-state index is 0.0655. The third-order valence-corrected chi connectivity index (χ3v) is 1.60. The number of amides is 2. The summed E-state index contributed by atoms with van der Waals surface area (Å²) in [5, 5.41) is 0. The maximum absolute atomic E-state index is 10.9. The van der Waals surface area contributed by atoms with Crippen LogP contribution in [0.3, 0.4) is 0 Å². The Morgan fingerprint density at radius 1 is 1.33 bits per heavy atom. The molecule has 70 valence electrons. The van der Waals surface area contributed by atoms with Crippen LogP contribution < -0.4 is 22.5 Å². The smallest absolute Gasteiger partial charge is 0.237 e. The summed E-state index contributed by atoms with van der Waals surface area (Å²) in [6.07, 6.45) is 0.618. The monoisotopic (exact) mass is 174 g/mol. The van der Waals surface area contributed by atoms with E-state index in [1.807, 2.05) is 10.9 Å². The molecule has 0 saturated heterocycles. The maximum Gasteiger partial charge on any atom is 0.237 e. The molecule has 0 aromatic carbocycles. The lowest BCUT2D eigenvalue weighted by molar-refractivity contribution is -0.130. The number of carbonyl (C=O) groups is 2. The molecular weight excluding hydrogens is 160 g/mol. The zero-order valence-corrected chi connectivity index (χ0v) is 6.96. The third kappa shape index (κ3) is 3.31. The second-order valence-corrected chi connectivity index (χ2v) is 2.39. The highest BCUT2D eigenvalue weighted by Gasteiger charge is 2.18. The van der Waals surface area contributed by atoms with Crippen LogP contribution in [0.4, 0.5) is 0 Å². The second kappa shape index (κ2) is 5.50. The Balaban J connectivity index is 3.99. The van der Waals surface area contributed by atoms with E-state index in [1.165, 1.54) is 0 Å². The van der Waals surface area contributed by atoms with Crippen LogP contribution in [0.2, 0.25) is 0 Å². The molecule has 0 aromatic rings. The molecule has 6 heteroatoms. The van der Waals surface area contributed by atoms with Crippen molar-refractivity contribution in [3.05, 3.63) is 0 Å². The van der Waals surface area contributed by atoms with E-state index >= 15 is 0 Å². The number of hydrazine groups is 2. The van der Waals surface area contributed by atoms with Gasteiger partial charge in [0.1, 0.15) is 0 Å². The van der Waals surface area contributed by atoms with E-state index in [0.29, 0.717) is 6.42 Å². The topological polar surface area (TPSA) is 110 Å². The molecule has 12 heavy (non-hydrogen) atoms. The second-order valence-electron chi connectivity index (χ2n) is 2.39. The molecule has 2 amide bonds. The summed E-state index contributed by atoms with van der Waals surface area (Å²) in [4.78, 5) is 21.7. The highest BCUT2D eigenvalue weighted by molar-refractivity contribution is 5.85. The predicted octanol–water partition coefficient (Wildman–Crippen LogP) is -1.62. The Hall–Kier alpha value is -1.14. The van der Waals surface area contributed by atoms with E-state index in [4.69, 9.17) is 11.7 Å². The molecule has 0 saturated carbocycles. The van der Waals surface area contributed by atoms with Crippen LogP contribution in [0, 0.1) is 5.92 Å². The molecule has 6 N–H and O–H groups in total. The average Bonchev–Trinajstić information content (AvgIpc) is 2.12. The number of hydrogen-bond donors (Lipinski definition) is 4. The number of hydrogen-bond acceptors (Lipinski definition) is 4. The summed E-state index contributed by atoms with van der Waals surface area (Å²) in [6, 6.07) is 0. The normalized spacial score (nSPS) is 11.9. The maximum atomic E-state index is 10.9. The van der Waals surface area contributed by atoms with Crippen LogP contribution in [0.25, 0.3) is 0 Å². The zero-order chi connectivity index (χ0) is 9.56. The summed E-state index contributed by atoms with van der Waals surface area (Å²) in [7, 11) is 0. The van der Waals surface area contributed by atoms with Gasteiger partial charge in [0, 0.05) is 12.3 Å². The first kappa shape index (κ1) is 10.9. The van der Waals surface area contributed by atoms with Crippen LogP contribution in [-0.4, -0.2) is 11.8 Å². The van der Waals surface area contributed by atoms with Crippen LogP contribution in [0.5, 0.6) is 0 Å². The van der Waals surface area contributed by atoms with Crippen molar-refractivity contribution < 1.29 is 9.59 Å². The molecule has 6 nitrogen and oxygen atoms in total. The van der Waals surface area contributed by atoms with Gasteiger partial charge in [0.15, 0.2) is 0 Å². The van der Waals surface area contributed by atoms with Crippen LogP contribution in [0.1, 0.15) is 19.8 Å². The van der Waals surface area contributed by atoms with Crippen LogP contribution >= 0.6 is 0 Å². The van der Waals surface area contributed by atoms with Gasteiger partial charge in [-0.25, -0.2) is 11.7 Å². The van der Waals surface area contributed by atoms with E-state index in [0.717, 1.165) is 0 Å². The largest absolute Gasteiger partial charge is 0.294 e. The standard InChI is InChI=1S/C6H14N4O2/c1-2-4(6(12)10-8)3-5(11)9-7/h4H,2-3,7-8H2,1H3,(H,9,11)(H,10,12). The summed E-state index contributed by atoms with van der Waals surface area (Å²) in [5.41, 5.74) is 3.93. The fraction of sp³-hybridized carbons (Fsp3) is 0.667. The minimum Gasteiger partial charge on any atom is -0.294 e. The van der Waals surface area contributed by atoms with Crippen molar-refractivity contribution >= 4 is 11.8 Å². The molecule has 1 unspecified atom stereocenters. The molecule has 0 radical (unpaired) electrons. The quantitative estimate of drug-likeness (QED) is 0.233. The van der Waals surface area contributed by atoms with Gasteiger partial charge < -0.3 is 0 Å². The molecule has 0 aliphatic carbocycles. The van der Waals surface area contributed by atoms with Crippen molar-refractivity contribution in [2.45, 2.75) is 19.8 Å². The number of carbonyl (C=O) groups excluding carboxylic acids is 2. The Morgan fingerprint density at radius 2 is 1.92 bits per heavy atom. The third-order valence-electron chi connectivity index (χ3n) is 1.60. The Kier molecular flexibility index (Phi) is 4.98. The molecule has 0 aliphatic heterocycles. The fourth-order valence-corrected chi connectivity index (χ4v) is 0.823. The molecule has 0 bridgehead atoms. The highest BCUT2D eigenvalue weighted by Crippen LogP contribution is 2.06. The molecular formula is C6H14N4O2. The van der Waals surface area contributed by atoms with E-state index in [9.17, 15) is 9.59 Å². The van der Waals surface area contributed by atoms with Crippen molar-refractivity contribution in [2.75, 3.05) is 0 Å². The van der Waals surface area contributed by atoms with Crippen molar-refractivity contribution in [3.8, 4) is 0 Å². The van der Waals surface area contributed by atoms with Gasteiger partial charge in [-0.1, -0.05) is 6.92 Å². The lowest BCUT2D eigenvalue weighted by atomic mass is 10.0. The van der Waals surface area contributed by atoms with Crippen LogP contribution in [0.15, 0.2) is 0 Å². The molecule has 0 fully saturated rings. The van der Waals surface area contributed by atoms with Gasteiger partial charge in [0.05, 0.1) is 0 Å². The fourth-order valence-electron chi connectivity index (χ4n) is 0.823. The van der Waals surface area contributed by atoms with Crippen molar-refractivity contribution in [2.24, 2.45) is 17.6 Å². The molecule has 1 atom stereocenters. The average molecular weight is 174 g/mol. The van der Waals surface area contributed by atoms with Crippen molar-refractivity contribution in [1.82, 2.24) is 10.9 Å². The summed E-state index contributed by atoms with van der Waals surface area (Å²) in [5.74, 6) is 8.64. The van der Waals surface area contributed by atoms with Crippen LogP contribution in [-0.2, 0) is 9.59 Å². The molecule has 0 heterocycles. The molecule has 0 spiro atoms. The first-order valence-corrected chi connectivity index (χ1v) is 3.65. The molecule has 0 aliphatic rings. The van der Waals surface area contributed by atoms with E-state index in [-0.39, 0.29) is 18.2 Å². The SMILES string of the molecule is CCC(CC(=O)NN)C(=O)NN. The number of nitrogens with one attached hydrogen (secondary N) is 2. The number of rotatable bonds is 4. The first-order chi connectivity index (χ1) is 5.65. The van der Waals surface area contributed by atoms with Gasteiger partial charge in [0.25, 0.3) is 0 Å². The molecule has 0 aromatic heterocycles. The predicted molar refractivity (Wildman–Crippen MR) is 43.1 cm³/mol. The van der Waals surface area contributed by atoms with E-state index in [1.54, 1.807) is 6.92 Å². The Bertz CT molecular complexity index is 171. The zero-order valence-electron chi connectivity index (χ0n) is 6.96. The van der Waals surface area contributed by atoms with Gasteiger partial charge in [-0.15, -0.1) is 0 Å². The summed E-state index contributed by atoms with van der Waals surface area (Å²) >= 11 is 0. The van der Waals surface area contributed by atoms with Crippen molar-refractivity contribution in [1.29, 1.82) is 0 Å². The Labute approximate surface area is 70.6 Å². The lowest BCUT2D eigenvalue weighted by Gasteiger charge is -2.10.